The van der Waals surface area contributed by atoms with Crippen molar-refractivity contribution in [3.63, 3.8) is 0 Å². The smallest absolute Gasteiger partial charge is 0.257 e. The second-order valence-corrected chi connectivity index (χ2v) is 8.47. The fraction of sp³-hybridized carbons (Fsp3) is 0.292. The molecule has 1 atom stereocenters. The Morgan fingerprint density at radius 1 is 1.09 bits per heavy atom. The SMILES string of the molecule is C[C@]12CCC(=O)N1c1ccccc1C(=O)N2CCC(=O)Nc1ncn(Cc2ccccc2)n1. The van der Waals surface area contributed by atoms with Crippen molar-refractivity contribution in [3.05, 3.63) is 72.1 Å². The number of fused-ring (bicyclic) bond motifs is 3. The minimum absolute atomic E-state index is 0.0138. The Labute approximate surface area is 191 Å². The lowest BCUT2D eigenvalue weighted by Crippen LogP contribution is -2.62. The number of rotatable bonds is 6. The molecule has 1 saturated heterocycles. The van der Waals surface area contributed by atoms with Crippen molar-refractivity contribution in [2.24, 2.45) is 0 Å². The Morgan fingerprint density at radius 3 is 2.67 bits per heavy atom. The van der Waals surface area contributed by atoms with Crippen molar-refractivity contribution in [1.82, 2.24) is 19.7 Å². The fourth-order valence-electron chi connectivity index (χ4n) is 4.64. The molecule has 0 spiro atoms. The van der Waals surface area contributed by atoms with E-state index in [1.807, 2.05) is 43.3 Å². The molecule has 9 heteroatoms. The van der Waals surface area contributed by atoms with Crippen molar-refractivity contribution >= 4 is 29.4 Å². The van der Waals surface area contributed by atoms with Crippen LogP contribution in [0.4, 0.5) is 11.6 Å². The van der Waals surface area contributed by atoms with Gasteiger partial charge in [0.15, 0.2) is 0 Å². The lowest BCUT2D eigenvalue weighted by molar-refractivity contribution is -0.117. The first-order chi connectivity index (χ1) is 16.0. The van der Waals surface area contributed by atoms with Crippen LogP contribution >= 0.6 is 0 Å². The number of carbonyl (C=O) groups is 3. The molecule has 0 unspecified atom stereocenters. The molecule has 2 aromatic carbocycles. The molecule has 1 fully saturated rings. The Kier molecular flexibility index (Phi) is 5.16. The molecule has 3 amide bonds. The van der Waals surface area contributed by atoms with E-state index in [4.69, 9.17) is 0 Å². The highest BCUT2D eigenvalue weighted by molar-refractivity contribution is 6.10. The average molecular weight is 444 g/mol. The van der Waals surface area contributed by atoms with E-state index < -0.39 is 5.66 Å². The third-order valence-corrected chi connectivity index (χ3v) is 6.28. The van der Waals surface area contributed by atoms with Crippen LogP contribution < -0.4 is 10.2 Å². The number of anilines is 2. The van der Waals surface area contributed by atoms with Gasteiger partial charge in [0, 0.05) is 19.4 Å². The van der Waals surface area contributed by atoms with Gasteiger partial charge in [0.2, 0.25) is 17.8 Å². The number of hydrogen-bond donors (Lipinski definition) is 1. The molecule has 168 valence electrons. The molecule has 5 rings (SSSR count). The molecular formula is C24H24N6O3. The van der Waals surface area contributed by atoms with E-state index in [2.05, 4.69) is 15.4 Å². The van der Waals surface area contributed by atoms with E-state index >= 15 is 0 Å². The summed E-state index contributed by atoms with van der Waals surface area (Å²) in [6, 6.07) is 17.0. The standard InChI is InChI=1S/C24H24N6O3/c1-24-13-11-21(32)30(24)19-10-6-5-9-18(19)22(33)29(24)14-12-20(31)26-23-25-16-28(27-23)15-17-7-3-2-4-8-17/h2-10,16H,11-15H2,1H3,(H,26,27,31)/t24-/m1/s1. The summed E-state index contributed by atoms with van der Waals surface area (Å²) in [4.78, 5) is 46.0. The number of aromatic nitrogens is 3. The summed E-state index contributed by atoms with van der Waals surface area (Å²) in [5.74, 6) is -0.258. The Balaban J connectivity index is 1.26. The Morgan fingerprint density at radius 2 is 1.85 bits per heavy atom. The van der Waals surface area contributed by atoms with Gasteiger partial charge in [-0.1, -0.05) is 42.5 Å². The topological polar surface area (TPSA) is 100 Å². The Bertz CT molecular complexity index is 1220. The average Bonchev–Trinajstić information content (AvgIpc) is 3.37. The van der Waals surface area contributed by atoms with E-state index in [1.165, 1.54) is 0 Å². The molecule has 33 heavy (non-hydrogen) atoms. The maximum absolute atomic E-state index is 13.2. The van der Waals surface area contributed by atoms with Gasteiger partial charge >= 0.3 is 0 Å². The van der Waals surface area contributed by atoms with Crippen LogP contribution in [0.25, 0.3) is 0 Å². The zero-order valence-electron chi connectivity index (χ0n) is 18.3. The summed E-state index contributed by atoms with van der Waals surface area (Å²) >= 11 is 0. The van der Waals surface area contributed by atoms with Crippen LogP contribution in [0.2, 0.25) is 0 Å². The molecule has 2 aliphatic rings. The highest BCUT2D eigenvalue weighted by Crippen LogP contribution is 2.43. The van der Waals surface area contributed by atoms with Crippen molar-refractivity contribution in [2.75, 3.05) is 16.8 Å². The van der Waals surface area contributed by atoms with Gasteiger partial charge in [-0.2, -0.15) is 0 Å². The van der Waals surface area contributed by atoms with E-state index in [-0.39, 0.29) is 36.6 Å². The van der Waals surface area contributed by atoms with Gasteiger partial charge in [-0.3, -0.25) is 24.6 Å². The second-order valence-electron chi connectivity index (χ2n) is 8.47. The van der Waals surface area contributed by atoms with Gasteiger partial charge in [0.25, 0.3) is 5.91 Å². The normalized spacial score (nSPS) is 19.4. The largest absolute Gasteiger partial charge is 0.315 e. The van der Waals surface area contributed by atoms with Crippen LogP contribution in [0.15, 0.2) is 60.9 Å². The second kappa shape index (κ2) is 8.16. The first-order valence-corrected chi connectivity index (χ1v) is 10.9. The number of para-hydroxylation sites is 1. The van der Waals surface area contributed by atoms with Crippen molar-refractivity contribution in [1.29, 1.82) is 0 Å². The van der Waals surface area contributed by atoms with Crippen molar-refractivity contribution in [2.45, 2.75) is 38.4 Å². The predicted molar refractivity (Wildman–Crippen MR) is 121 cm³/mol. The van der Waals surface area contributed by atoms with Gasteiger partial charge < -0.3 is 4.90 Å². The summed E-state index contributed by atoms with van der Waals surface area (Å²) in [6.07, 6.45) is 2.53. The summed E-state index contributed by atoms with van der Waals surface area (Å²) in [7, 11) is 0. The quantitative estimate of drug-likeness (QED) is 0.630. The van der Waals surface area contributed by atoms with Gasteiger partial charge in [0.1, 0.15) is 12.0 Å². The molecule has 0 radical (unpaired) electrons. The minimum atomic E-state index is -0.779. The number of carbonyl (C=O) groups excluding carboxylic acids is 3. The maximum atomic E-state index is 13.2. The predicted octanol–water partition coefficient (Wildman–Crippen LogP) is 2.65. The third-order valence-electron chi connectivity index (χ3n) is 6.28. The first kappa shape index (κ1) is 20.9. The molecule has 0 aliphatic carbocycles. The number of hydrogen-bond acceptors (Lipinski definition) is 5. The monoisotopic (exact) mass is 444 g/mol. The number of nitrogens with zero attached hydrogens (tertiary/aromatic N) is 5. The molecular weight excluding hydrogens is 420 g/mol. The molecule has 0 saturated carbocycles. The zero-order chi connectivity index (χ0) is 23.0. The molecule has 3 heterocycles. The summed E-state index contributed by atoms with van der Waals surface area (Å²) in [6.45, 7) is 2.62. The van der Waals surface area contributed by atoms with Crippen molar-refractivity contribution < 1.29 is 14.4 Å². The van der Waals surface area contributed by atoms with E-state index in [9.17, 15) is 14.4 Å². The van der Waals surface area contributed by atoms with Crippen LogP contribution in [-0.4, -0.2) is 49.6 Å². The highest BCUT2D eigenvalue weighted by atomic mass is 16.2. The number of amides is 3. The van der Waals surface area contributed by atoms with E-state index in [1.54, 1.807) is 39.0 Å². The van der Waals surface area contributed by atoms with Gasteiger partial charge in [-0.15, -0.1) is 5.10 Å². The molecule has 2 aliphatic heterocycles. The van der Waals surface area contributed by atoms with Gasteiger partial charge in [-0.05, 0) is 31.0 Å². The fourth-order valence-corrected chi connectivity index (χ4v) is 4.64. The van der Waals surface area contributed by atoms with Gasteiger partial charge in [-0.25, -0.2) is 9.67 Å². The lowest BCUT2D eigenvalue weighted by Gasteiger charge is -2.48. The molecule has 0 bridgehead atoms. The Hall–Kier alpha value is -4.01. The van der Waals surface area contributed by atoms with Crippen LogP contribution in [-0.2, 0) is 16.1 Å². The van der Waals surface area contributed by atoms with E-state index in [0.717, 1.165) is 5.56 Å². The third kappa shape index (κ3) is 3.75. The number of nitrogens with one attached hydrogen (secondary N) is 1. The number of benzene rings is 2. The molecule has 1 N–H and O–H groups in total. The van der Waals surface area contributed by atoms with Crippen LogP contribution in [0, 0.1) is 0 Å². The van der Waals surface area contributed by atoms with Gasteiger partial charge in [0.05, 0.1) is 17.8 Å². The minimum Gasteiger partial charge on any atom is -0.315 e. The first-order valence-electron chi connectivity index (χ1n) is 10.9. The molecule has 1 aromatic heterocycles. The maximum Gasteiger partial charge on any atom is 0.257 e. The van der Waals surface area contributed by atoms with E-state index in [0.29, 0.717) is 30.6 Å². The van der Waals surface area contributed by atoms with Crippen LogP contribution in [0.5, 0.6) is 0 Å². The van der Waals surface area contributed by atoms with Crippen LogP contribution in [0.3, 0.4) is 0 Å². The summed E-state index contributed by atoms with van der Waals surface area (Å²) < 4.78 is 1.65. The molecule has 9 nitrogen and oxygen atoms in total. The van der Waals surface area contributed by atoms with Crippen molar-refractivity contribution in [3.8, 4) is 0 Å². The summed E-state index contributed by atoms with van der Waals surface area (Å²) in [5.41, 5.74) is 1.42. The lowest BCUT2D eigenvalue weighted by atomic mass is 9.98. The zero-order valence-corrected chi connectivity index (χ0v) is 18.3. The highest BCUT2D eigenvalue weighted by Gasteiger charge is 2.52. The molecule has 3 aromatic rings. The summed E-state index contributed by atoms with van der Waals surface area (Å²) in [5, 5.41) is 7.00. The van der Waals surface area contributed by atoms with Crippen LogP contribution in [0.1, 0.15) is 42.1 Å².